The summed E-state index contributed by atoms with van der Waals surface area (Å²) in [5.74, 6) is 0.0720. The van der Waals surface area contributed by atoms with E-state index >= 15 is 0 Å². The molecule has 2 unspecified atom stereocenters. The molecule has 1 aliphatic rings. The fourth-order valence-corrected chi connectivity index (χ4v) is 1.63. The predicted molar refractivity (Wildman–Crippen MR) is 56.5 cm³/mol. The predicted octanol–water partition coefficient (Wildman–Crippen LogP) is -0.402. The molecule has 1 saturated heterocycles. The van der Waals surface area contributed by atoms with Crippen LogP contribution in [0.1, 0.15) is 12.8 Å². The first kappa shape index (κ1) is 12.4. The van der Waals surface area contributed by atoms with Crippen molar-refractivity contribution in [3.05, 3.63) is 0 Å². The molecule has 0 aromatic heterocycles. The van der Waals surface area contributed by atoms with Crippen molar-refractivity contribution < 1.29 is 14.3 Å². The number of hydrogen-bond donors (Lipinski definition) is 1. The van der Waals surface area contributed by atoms with Gasteiger partial charge in [0.15, 0.2) is 0 Å². The number of nitrogens with two attached hydrogens (primary N) is 1. The quantitative estimate of drug-likeness (QED) is 0.679. The molecule has 88 valence electrons. The van der Waals surface area contributed by atoms with Crippen LogP contribution in [-0.2, 0) is 14.3 Å². The largest absolute Gasteiger partial charge is 0.380 e. The Labute approximate surface area is 90.5 Å². The number of rotatable bonds is 5. The molecule has 2 atom stereocenters. The monoisotopic (exact) mass is 216 g/mol. The highest BCUT2D eigenvalue weighted by Gasteiger charge is 2.25. The summed E-state index contributed by atoms with van der Waals surface area (Å²) in [5, 5.41) is 0. The molecule has 5 heteroatoms. The number of carbonyl (C=O) groups excluding carboxylic acids is 1. The van der Waals surface area contributed by atoms with Crippen molar-refractivity contribution in [1.29, 1.82) is 0 Å². The molecular formula is C10H20N2O3. The Kier molecular flexibility index (Phi) is 5.01. The van der Waals surface area contributed by atoms with Gasteiger partial charge in [0.2, 0.25) is 5.91 Å². The third-order valence-electron chi connectivity index (χ3n) is 2.85. The van der Waals surface area contributed by atoms with E-state index in [2.05, 4.69) is 0 Å². The first-order valence-electron chi connectivity index (χ1n) is 5.25. The van der Waals surface area contributed by atoms with Gasteiger partial charge < -0.3 is 20.1 Å². The van der Waals surface area contributed by atoms with Crippen molar-refractivity contribution in [2.24, 2.45) is 5.73 Å². The van der Waals surface area contributed by atoms with Gasteiger partial charge in [0.25, 0.3) is 0 Å². The number of hydrogen-bond acceptors (Lipinski definition) is 4. The summed E-state index contributed by atoms with van der Waals surface area (Å²) in [6, 6.07) is 0.216. The van der Waals surface area contributed by atoms with Gasteiger partial charge in [-0.1, -0.05) is 0 Å². The Hall–Kier alpha value is -0.650. The van der Waals surface area contributed by atoms with Crippen LogP contribution in [0.15, 0.2) is 0 Å². The smallest absolute Gasteiger partial charge is 0.225 e. The van der Waals surface area contributed by atoms with Crippen LogP contribution in [0.2, 0.25) is 0 Å². The molecule has 0 aliphatic carbocycles. The average Bonchev–Trinajstić information content (AvgIpc) is 2.77. The molecule has 1 fully saturated rings. The zero-order valence-corrected chi connectivity index (χ0v) is 9.44. The summed E-state index contributed by atoms with van der Waals surface area (Å²) in [5.41, 5.74) is 5.46. The number of carbonyl (C=O) groups is 1. The first-order valence-corrected chi connectivity index (χ1v) is 5.25. The van der Waals surface area contributed by atoms with E-state index in [4.69, 9.17) is 15.2 Å². The maximum Gasteiger partial charge on any atom is 0.225 e. The van der Waals surface area contributed by atoms with E-state index < -0.39 is 0 Å². The minimum atomic E-state index is -0.178. The molecule has 15 heavy (non-hydrogen) atoms. The second-order valence-corrected chi connectivity index (χ2v) is 3.82. The number of nitrogens with zero attached hydrogens (tertiary/aromatic N) is 1. The maximum absolute atomic E-state index is 11.8. The minimum absolute atomic E-state index is 0.0720. The van der Waals surface area contributed by atoms with E-state index in [9.17, 15) is 4.79 Å². The van der Waals surface area contributed by atoms with Crippen molar-refractivity contribution in [1.82, 2.24) is 4.90 Å². The summed E-state index contributed by atoms with van der Waals surface area (Å²) in [4.78, 5) is 13.5. The van der Waals surface area contributed by atoms with Gasteiger partial charge in [-0.25, -0.2) is 0 Å². The Morgan fingerprint density at radius 2 is 2.47 bits per heavy atom. The summed E-state index contributed by atoms with van der Waals surface area (Å²) < 4.78 is 10.3. The lowest BCUT2D eigenvalue weighted by atomic mass is 10.2. The third kappa shape index (κ3) is 3.44. The van der Waals surface area contributed by atoms with Crippen LogP contribution in [0.25, 0.3) is 0 Å². The van der Waals surface area contributed by atoms with Gasteiger partial charge in [-0.05, 0) is 6.42 Å². The molecule has 1 amide bonds. The van der Waals surface area contributed by atoms with Crippen molar-refractivity contribution >= 4 is 5.91 Å². The Balaban J connectivity index is 2.37. The highest BCUT2D eigenvalue weighted by molar-refractivity contribution is 5.76. The molecule has 5 nitrogen and oxygen atoms in total. The molecule has 2 N–H and O–H groups in total. The standard InChI is InChI=1S/C10H20N2O3/c1-12(8-3-4-15-7-8)10(13)5-9(6-11)14-2/h8-9H,3-7,11H2,1-2H3. The van der Waals surface area contributed by atoms with Crippen LogP contribution < -0.4 is 5.73 Å². The molecule has 0 aromatic rings. The van der Waals surface area contributed by atoms with Crippen LogP contribution in [0.3, 0.4) is 0 Å². The van der Waals surface area contributed by atoms with Crippen LogP contribution in [0, 0.1) is 0 Å². The van der Waals surface area contributed by atoms with Crippen LogP contribution in [0.5, 0.6) is 0 Å². The lowest BCUT2D eigenvalue weighted by Crippen LogP contribution is -2.40. The number of amides is 1. The molecule has 1 aliphatic heterocycles. The number of methoxy groups -OCH3 is 1. The van der Waals surface area contributed by atoms with Gasteiger partial charge >= 0.3 is 0 Å². The zero-order chi connectivity index (χ0) is 11.3. The summed E-state index contributed by atoms with van der Waals surface area (Å²) in [6.45, 7) is 1.76. The zero-order valence-electron chi connectivity index (χ0n) is 9.44. The number of likely N-dealkylation sites (N-methyl/N-ethyl adjacent to an activating group) is 1. The van der Waals surface area contributed by atoms with E-state index in [1.165, 1.54) is 0 Å². The summed E-state index contributed by atoms with van der Waals surface area (Å²) in [7, 11) is 3.38. The first-order chi connectivity index (χ1) is 7.19. The van der Waals surface area contributed by atoms with Crippen LogP contribution in [-0.4, -0.2) is 56.9 Å². The lowest BCUT2D eigenvalue weighted by molar-refractivity contribution is -0.134. The van der Waals surface area contributed by atoms with E-state index in [0.717, 1.165) is 13.0 Å². The fourth-order valence-electron chi connectivity index (χ4n) is 1.63. The Morgan fingerprint density at radius 3 is 2.93 bits per heavy atom. The highest BCUT2D eigenvalue weighted by atomic mass is 16.5. The Bertz CT molecular complexity index is 201. The highest BCUT2D eigenvalue weighted by Crippen LogP contribution is 2.12. The molecule has 0 saturated carbocycles. The van der Waals surface area contributed by atoms with Gasteiger partial charge in [-0.2, -0.15) is 0 Å². The molecule has 0 radical (unpaired) electrons. The van der Waals surface area contributed by atoms with Crippen LogP contribution >= 0.6 is 0 Å². The van der Waals surface area contributed by atoms with Crippen molar-refractivity contribution in [3.63, 3.8) is 0 Å². The SMILES string of the molecule is COC(CN)CC(=O)N(C)C1CCOC1. The normalized spacial score (nSPS) is 22.7. The van der Waals surface area contributed by atoms with Gasteiger partial charge in [-0.3, -0.25) is 4.79 Å². The Morgan fingerprint density at radius 1 is 1.73 bits per heavy atom. The van der Waals surface area contributed by atoms with Crippen molar-refractivity contribution in [2.75, 3.05) is 33.9 Å². The second-order valence-electron chi connectivity index (χ2n) is 3.82. The van der Waals surface area contributed by atoms with Gasteiger partial charge in [0.05, 0.1) is 25.2 Å². The third-order valence-corrected chi connectivity index (χ3v) is 2.85. The molecule has 1 heterocycles. The van der Waals surface area contributed by atoms with E-state index in [1.54, 1.807) is 12.0 Å². The summed E-state index contributed by atoms with van der Waals surface area (Å²) in [6.07, 6.45) is 1.09. The molecular weight excluding hydrogens is 196 g/mol. The fraction of sp³-hybridized carbons (Fsp3) is 0.900. The van der Waals surface area contributed by atoms with Crippen LogP contribution in [0.4, 0.5) is 0 Å². The lowest BCUT2D eigenvalue weighted by Gasteiger charge is -2.24. The molecule has 0 bridgehead atoms. The molecule has 0 spiro atoms. The van der Waals surface area contributed by atoms with Crippen molar-refractivity contribution in [3.8, 4) is 0 Å². The van der Waals surface area contributed by atoms with E-state index in [-0.39, 0.29) is 18.1 Å². The van der Waals surface area contributed by atoms with E-state index in [0.29, 0.717) is 19.6 Å². The molecule has 0 aromatic carbocycles. The van der Waals surface area contributed by atoms with Gasteiger partial charge in [0.1, 0.15) is 0 Å². The molecule has 1 rings (SSSR count). The topological polar surface area (TPSA) is 64.8 Å². The number of ether oxygens (including phenoxy) is 2. The maximum atomic E-state index is 11.8. The van der Waals surface area contributed by atoms with Gasteiger partial charge in [-0.15, -0.1) is 0 Å². The summed E-state index contributed by atoms with van der Waals surface area (Å²) >= 11 is 0. The van der Waals surface area contributed by atoms with Gasteiger partial charge in [0, 0.05) is 27.3 Å². The average molecular weight is 216 g/mol. The van der Waals surface area contributed by atoms with E-state index in [1.807, 2.05) is 7.05 Å². The van der Waals surface area contributed by atoms with Crippen molar-refractivity contribution in [2.45, 2.75) is 25.0 Å². The minimum Gasteiger partial charge on any atom is -0.380 e. The second kappa shape index (κ2) is 6.05.